The highest BCUT2D eigenvalue weighted by atomic mass is 15.1. The van der Waals surface area contributed by atoms with Crippen molar-refractivity contribution in [3.8, 4) is 0 Å². The molecule has 19 heavy (non-hydrogen) atoms. The van der Waals surface area contributed by atoms with Crippen molar-refractivity contribution in [2.24, 2.45) is 0 Å². The van der Waals surface area contributed by atoms with E-state index in [0.717, 1.165) is 18.6 Å². The van der Waals surface area contributed by atoms with E-state index < -0.39 is 0 Å². The average molecular weight is 256 g/mol. The molecule has 0 bridgehead atoms. The third-order valence-corrected chi connectivity index (χ3v) is 3.50. The number of nitrogens with zero attached hydrogens (tertiary/aromatic N) is 2. The predicted molar refractivity (Wildman–Crippen MR) is 83.8 cm³/mol. The molecule has 0 atom stereocenters. The zero-order valence-corrected chi connectivity index (χ0v) is 12.1. The van der Waals surface area contributed by atoms with E-state index in [1.807, 2.05) is 12.3 Å². The predicted octanol–water partition coefficient (Wildman–Crippen LogP) is 4.64. The van der Waals surface area contributed by atoms with Gasteiger partial charge in [-0.1, -0.05) is 44.9 Å². The van der Waals surface area contributed by atoms with Crippen molar-refractivity contribution in [2.45, 2.75) is 39.5 Å². The van der Waals surface area contributed by atoms with Crippen LogP contribution >= 0.6 is 0 Å². The van der Waals surface area contributed by atoms with Gasteiger partial charge in [-0.05, 0) is 25.0 Å². The zero-order chi connectivity index (χ0) is 13.5. The minimum Gasteiger partial charge on any atom is -0.370 e. The van der Waals surface area contributed by atoms with Crippen molar-refractivity contribution in [1.29, 1.82) is 0 Å². The molecule has 102 valence electrons. The van der Waals surface area contributed by atoms with Crippen LogP contribution in [0.3, 0.4) is 0 Å². The molecule has 2 rings (SSSR count). The summed E-state index contributed by atoms with van der Waals surface area (Å²) < 4.78 is 0. The molecule has 1 aromatic heterocycles. The summed E-state index contributed by atoms with van der Waals surface area (Å²) in [6.07, 6.45) is 6.99. The minimum absolute atomic E-state index is 1.08. The number of benzene rings is 1. The molecule has 1 heterocycles. The third-order valence-electron chi connectivity index (χ3n) is 3.50. The van der Waals surface area contributed by atoms with E-state index in [9.17, 15) is 0 Å². The van der Waals surface area contributed by atoms with Crippen molar-refractivity contribution >= 4 is 16.6 Å². The highest BCUT2D eigenvalue weighted by molar-refractivity contribution is 5.81. The smallest absolute Gasteiger partial charge is 0.0703 e. The fraction of sp³-hybridized carbons (Fsp3) is 0.471. The van der Waals surface area contributed by atoms with Crippen molar-refractivity contribution in [2.75, 3.05) is 18.0 Å². The van der Waals surface area contributed by atoms with Gasteiger partial charge in [0.25, 0.3) is 0 Å². The molecule has 0 aliphatic rings. The van der Waals surface area contributed by atoms with Crippen LogP contribution < -0.4 is 4.90 Å². The van der Waals surface area contributed by atoms with Crippen molar-refractivity contribution < 1.29 is 0 Å². The number of hydrogen-bond donors (Lipinski definition) is 0. The lowest BCUT2D eigenvalue weighted by molar-refractivity contribution is 0.677. The molecule has 2 nitrogen and oxygen atoms in total. The van der Waals surface area contributed by atoms with Gasteiger partial charge in [0.05, 0.1) is 17.4 Å². The Morgan fingerprint density at radius 1 is 1.00 bits per heavy atom. The molecule has 2 aromatic rings. The maximum atomic E-state index is 4.58. The van der Waals surface area contributed by atoms with Gasteiger partial charge in [-0.3, -0.25) is 4.98 Å². The first-order valence-electron chi connectivity index (χ1n) is 7.45. The third kappa shape index (κ3) is 3.69. The Kier molecular flexibility index (Phi) is 5.20. The second-order valence-corrected chi connectivity index (χ2v) is 5.08. The van der Waals surface area contributed by atoms with E-state index in [0.29, 0.717) is 0 Å². The molecular formula is C17H24N2. The fourth-order valence-corrected chi connectivity index (χ4v) is 2.30. The lowest BCUT2D eigenvalue weighted by atomic mass is 10.2. The van der Waals surface area contributed by atoms with Gasteiger partial charge in [0.1, 0.15) is 0 Å². The Morgan fingerprint density at radius 3 is 2.37 bits per heavy atom. The van der Waals surface area contributed by atoms with Gasteiger partial charge in [-0.2, -0.15) is 0 Å². The molecule has 0 radical (unpaired) electrons. The van der Waals surface area contributed by atoms with Crippen LogP contribution in [-0.4, -0.2) is 18.1 Å². The number of rotatable bonds is 7. The van der Waals surface area contributed by atoms with Gasteiger partial charge in [0, 0.05) is 18.5 Å². The summed E-state index contributed by atoms with van der Waals surface area (Å²) in [6, 6.07) is 10.6. The number of fused-ring (bicyclic) bond motifs is 1. The Balaban J connectivity index is 2.21. The lowest BCUT2D eigenvalue weighted by Crippen LogP contribution is -2.25. The first-order valence-corrected chi connectivity index (χ1v) is 7.45. The maximum absolute atomic E-state index is 4.58. The monoisotopic (exact) mass is 256 g/mol. The van der Waals surface area contributed by atoms with Crippen molar-refractivity contribution in [1.82, 2.24) is 4.98 Å². The molecular weight excluding hydrogens is 232 g/mol. The Morgan fingerprint density at radius 2 is 1.68 bits per heavy atom. The van der Waals surface area contributed by atoms with E-state index in [1.165, 1.54) is 36.8 Å². The summed E-state index contributed by atoms with van der Waals surface area (Å²) in [5.41, 5.74) is 2.35. The SMILES string of the molecule is CCCCN(CCCC)c1cnc2ccccc2c1. The van der Waals surface area contributed by atoms with Crippen LogP contribution in [-0.2, 0) is 0 Å². The molecule has 2 heteroatoms. The summed E-state index contributed by atoms with van der Waals surface area (Å²) in [5.74, 6) is 0. The summed E-state index contributed by atoms with van der Waals surface area (Å²) in [6.45, 7) is 6.76. The number of hydrogen-bond acceptors (Lipinski definition) is 2. The van der Waals surface area contributed by atoms with Crippen LogP contribution in [0.4, 0.5) is 5.69 Å². The molecule has 0 unspecified atom stereocenters. The number of pyridine rings is 1. The normalized spacial score (nSPS) is 10.8. The molecule has 0 fully saturated rings. The number of para-hydroxylation sites is 1. The van der Waals surface area contributed by atoms with Crippen LogP contribution in [0, 0.1) is 0 Å². The molecule has 0 spiro atoms. The quantitative estimate of drug-likeness (QED) is 0.717. The average Bonchev–Trinajstić information content (AvgIpc) is 2.47. The lowest BCUT2D eigenvalue weighted by Gasteiger charge is -2.24. The maximum Gasteiger partial charge on any atom is 0.0703 e. The van der Waals surface area contributed by atoms with E-state index in [-0.39, 0.29) is 0 Å². The zero-order valence-electron chi connectivity index (χ0n) is 12.1. The fourth-order valence-electron chi connectivity index (χ4n) is 2.30. The Labute approximate surface area is 116 Å². The summed E-state index contributed by atoms with van der Waals surface area (Å²) in [7, 11) is 0. The Bertz CT molecular complexity index is 499. The molecule has 0 aliphatic heterocycles. The van der Waals surface area contributed by atoms with E-state index in [2.05, 4.69) is 48.0 Å². The first-order chi connectivity index (χ1) is 9.35. The van der Waals surface area contributed by atoms with Crippen molar-refractivity contribution in [3.63, 3.8) is 0 Å². The van der Waals surface area contributed by atoms with Gasteiger partial charge < -0.3 is 4.90 Å². The van der Waals surface area contributed by atoms with Gasteiger partial charge >= 0.3 is 0 Å². The van der Waals surface area contributed by atoms with E-state index in [4.69, 9.17) is 0 Å². The van der Waals surface area contributed by atoms with Crippen LogP contribution in [0.2, 0.25) is 0 Å². The minimum atomic E-state index is 1.08. The van der Waals surface area contributed by atoms with Crippen LogP contribution in [0.15, 0.2) is 36.5 Å². The molecule has 0 amide bonds. The van der Waals surface area contributed by atoms with Crippen LogP contribution in [0.25, 0.3) is 10.9 Å². The van der Waals surface area contributed by atoms with E-state index in [1.54, 1.807) is 0 Å². The van der Waals surface area contributed by atoms with Crippen molar-refractivity contribution in [3.05, 3.63) is 36.5 Å². The molecule has 0 saturated carbocycles. The second kappa shape index (κ2) is 7.13. The van der Waals surface area contributed by atoms with Gasteiger partial charge in [-0.15, -0.1) is 0 Å². The number of aromatic nitrogens is 1. The number of anilines is 1. The van der Waals surface area contributed by atoms with Crippen LogP contribution in [0.5, 0.6) is 0 Å². The van der Waals surface area contributed by atoms with Gasteiger partial charge in [-0.25, -0.2) is 0 Å². The van der Waals surface area contributed by atoms with E-state index >= 15 is 0 Å². The molecule has 0 saturated heterocycles. The van der Waals surface area contributed by atoms with Gasteiger partial charge in [0.2, 0.25) is 0 Å². The first kappa shape index (κ1) is 13.9. The summed E-state index contributed by atoms with van der Waals surface area (Å²) >= 11 is 0. The topological polar surface area (TPSA) is 16.1 Å². The highest BCUT2D eigenvalue weighted by Gasteiger charge is 2.06. The summed E-state index contributed by atoms with van der Waals surface area (Å²) in [5, 5.41) is 1.23. The highest BCUT2D eigenvalue weighted by Crippen LogP contribution is 2.20. The molecule has 0 N–H and O–H groups in total. The second-order valence-electron chi connectivity index (χ2n) is 5.08. The standard InChI is InChI=1S/C17H24N2/c1-3-5-11-19(12-6-4-2)16-13-15-9-7-8-10-17(15)18-14-16/h7-10,13-14H,3-6,11-12H2,1-2H3. The number of unbranched alkanes of at least 4 members (excludes halogenated alkanes) is 2. The largest absolute Gasteiger partial charge is 0.370 e. The van der Waals surface area contributed by atoms with Gasteiger partial charge in [0.15, 0.2) is 0 Å². The Hall–Kier alpha value is -1.57. The molecule has 1 aromatic carbocycles. The molecule has 0 aliphatic carbocycles. The summed E-state index contributed by atoms with van der Waals surface area (Å²) in [4.78, 5) is 7.06. The van der Waals surface area contributed by atoms with Crippen LogP contribution in [0.1, 0.15) is 39.5 Å².